The Morgan fingerprint density at radius 2 is 2.21 bits per heavy atom. The number of anilines is 2. The molecule has 2 aromatic rings. The van der Waals surface area contributed by atoms with Crippen LogP contribution >= 0.6 is 0 Å². The van der Waals surface area contributed by atoms with Gasteiger partial charge in [0.1, 0.15) is 6.54 Å². The minimum Gasteiger partial charge on any atom is -0.711 e. The summed E-state index contributed by atoms with van der Waals surface area (Å²) in [5.41, 5.74) is -0.277. The minimum atomic E-state index is -0.694. The van der Waals surface area contributed by atoms with Crippen LogP contribution in [0.5, 0.6) is 5.75 Å². The predicted molar refractivity (Wildman–Crippen MR) is 86.4 cm³/mol. The quantitative estimate of drug-likeness (QED) is 0.369. The molecule has 1 aromatic carbocycles. The molecule has 0 bridgehead atoms. The van der Waals surface area contributed by atoms with Crippen LogP contribution in [0, 0.1) is 15.3 Å². The Balaban J connectivity index is 2.14. The number of aromatic nitrogens is 1. The first-order chi connectivity index (χ1) is 11.4. The Morgan fingerprint density at radius 1 is 1.42 bits per heavy atom. The van der Waals surface area contributed by atoms with Crippen molar-refractivity contribution >= 4 is 17.2 Å². The number of hydrogen-bond donors (Lipinski definition) is 0. The molecule has 1 unspecified atom stereocenters. The number of nitro benzene ring substituents is 1. The summed E-state index contributed by atoms with van der Waals surface area (Å²) in [6.45, 7) is 2.50. The van der Waals surface area contributed by atoms with E-state index in [1.807, 2.05) is 6.92 Å². The summed E-state index contributed by atoms with van der Waals surface area (Å²) in [4.78, 5) is 12.3. The smallest absolute Gasteiger partial charge is 0.285 e. The van der Waals surface area contributed by atoms with Gasteiger partial charge in [-0.3, -0.25) is 10.1 Å². The first-order valence-corrected chi connectivity index (χ1v) is 7.36. The van der Waals surface area contributed by atoms with Crippen molar-refractivity contribution < 1.29 is 19.1 Å². The molecule has 1 aliphatic heterocycles. The largest absolute Gasteiger partial charge is 0.711 e. The summed E-state index contributed by atoms with van der Waals surface area (Å²) >= 11 is 0. The molecule has 2 heterocycles. The number of fused-ring (bicyclic) bond motifs is 1. The molecule has 0 aliphatic carbocycles. The van der Waals surface area contributed by atoms with Gasteiger partial charge in [-0.15, -0.1) is 0 Å². The molecule has 8 nitrogen and oxygen atoms in total. The van der Waals surface area contributed by atoms with Crippen LogP contribution in [0.1, 0.15) is 6.92 Å². The number of pyridine rings is 1. The maximum absolute atomic E-state index is 12.2. The molecule has 0 N–H and O–H groups in total. The molecule has 126 valence electrons. The lowest BCUT2D eigenvalue weighted by Gasteiger charge is -2.38. The zero-order chi connectivity index (χ0) is 17.3. The van der Waals surface area contributed by atoms with E-state index in [1.165, 1.54) is 18.3 Å². The highest BCUT2D eigenvalue weighted by Crippen LogP contribution is 2.42. The van der Waals surface area contributed by atoms with E-state index < -0.39 is 10.5 Å². The number of non-ortho nitro benzene ring substituents is 1. The van der Waals surface area contributed by atoms with Gasteiger partial charge in [0.25, 0.3) is 11.5 Å². The van der Waals surface area contributed by atoms with Gasteiger partial charge in [0.05, 0.1) is 23.8 Å². The van der Waals surface area contributed by atoms with Crippen molar-refractivity contribution in [3.8, 4) is 5.75 Å². The molecule has 0 fully saturated rings. The highest BCUT2D eigenvalue weighted by atomic mass is 16.6. The third-order valence-corrected chi connectivity index (χ3v) is 3.82. The van der Waals surface area contributed by atoms with Crippen LogP contribution in [-0.4, -0.2) is 30.8 Å². The van der Waals surface area contributed by atoms with Gasteiger partial charge < -0.3 is 14.7 Å². The molecular weight excluding hydrogens is 314 g/mol. The van der Waals surface area contributed by atoms with Crippen molar-refractivity contribution in [3.05, 3.63) is 57.9 Å². The Bertz CT molecular complexity index is 782. The topological polar surface area (TPSA) is 91.8 Å². The molecule has 1 aliphatic rings. The molecule has 3 rings (SSSR count). The molecule has 1 aromatic heterocycles. The average molecular weight is 331 g/mol. The number of ether oxygens (including phenoxy) is 2. The zero-order valence-corrected chi connectivity index (χ0v) is 13.3. The van der Waals surface area contributed by atoms with Gasteiger partial charge in [0.15, 0.2) is 17.0 Å². The van der Waals surface area contributed by atoms with Crippen LogP contribution in [0.25, 0.3) is 0 Å². The Labute approximate surface area is 138 Å². The van der Waals surface area contributed by atoms with Gasteiger partial charge >= 0.3 is 0 Å². The lowest BCUT2D eigenvalue weighted by Crippen LogP contribution is -2.52. The fourth-order valence-electron chi connectivity index (χ4n) is 2.85. The number of nitrogens with zero attached hydrogens (tertiary/aromatic N) is 3. The second-order valence-corrected chi connectivity index (χ2v) is 5.86. The minimum absolute atomic E-state index is 0.0638. The summed E-state index contributed by atoms with van der Waals surface area (Å²) in [5, 5.41) is 23.3. The third kappa shape index (κ3) is 2.83. The second kappa shape index (κ2) is 5.97. The van der Waals surface area contributed by atoms with Gasteiger partial charge in [0.2, 0.25) is 0 Å². The van der Waals surface area contributed by atoms with Gasteiger partial charge in [-0.05, 0) is 19.1 Å². The van der Waals surface area contributed by atoms with E-state index in [1.54, 1.807) is 36.3 Å². The summed E-state index contributed by atoms with van der Waals surface area (Å²) in [7, 11) is 1.57. The monoisotopic (exact) mass is 331 g/mol. The highest BCUT2D eigenvalue weighted by Gasteiger charge is 2.42. The number of benzene rings is 1. The van der Waals surface area contributed by atoms with Crippen LogP contribution in [0.4, 0.5) is 17.2 Å². The fraction of sp³-hybridized carbons (Fsp3) is 0.312. The van der Waals surface area contributed by atoms with Crippen molar-refractivity contribution in [1.29, 1.82) is 0 Å². The summed E-state index contributed by atoms with van der Waals surface area (Å²) in [6.07, 6.45) is 1.38. The first kappa shape index (κ1) is 16.0. The Kier molecular flexibility index (Phi) is 3.98. The van der Waals surface area contributed by atoms with Crippen molar-refractivity contribution in [3.63, 3.8) is 0 Å². The van der Waals surface area contributed by atoms with Crippen LogP contribution in [0.2, 0.25) is 0 Å². The van der Waals surface area contributed by atoms with Crippen LogP contribution in [0.15, 0.2) is 42.6 Å². The van der Waals surface area contributed by atoms with E-state index in [4.69, 9.17) is 9.47 Å². The Hall–Kier alpha value is -2.87. The standard InChI is InChI=1S/C16H17N3O5/c1-16(11-23-2)10-17(15-5-3-4-8-18(15)20)13-9-12(19(21)22)6-7-14(13)24-16/h3-9H,10-11H2,1-2H3. The zero-order valence-electron chi connectivity index (χ0n) is 13.3. The number of hydrogen-bond acceptors (Lipinski definition) is 6. The average Bonchev–Trinajstić information content (AvgIpc) is 2.54. The molecule has 0 saturated heterocycles. The lowest BCUT2D eigenvalue weighted by atomic mass is 10.0. The summed E-state index contributed by atoms with van der Waals surface area (Å²) in [6, 6.07) is 9.36. The van der Waals surface area contributed by atoms with Crippen molar-refractivity contribution in [1.82, 2.24) is 0 Å². The van der Waals surface area contributed by atoms with Crippen LogP contribution in [-0.2, 0) is 4.74 Å². The maximum Gasteiger partial charge on any atom is 0.285 e. The van der Waals surface area contributed by atoms with E-state index in [0.717, 1.165) is 4.73 Å². The number of nitro groups is 1. The predicted octanol–water partition coefficient (Wildman–Crippen LogP) is 2.16. The summed E-state index contributed by atoms with van der Waals surface area (Å²) in [5.74, 6) is 0.833. The molecule has 1 atom stereocenters. The van der Waals surface area contributed by atoms with Crippen molar-refractivity contribution in [2.45, 2.75) is 12.5 Å². The van der Waals surface area contributed by atoms with Crippen molar-refractivity contribution in [2.75, 3.05) is 25.2 Å². The van der Waals surface area contributed by atoms with Gasteiger partial charge in [-0.2, -0.15) is 0 Å². The van der Waals surface area contributed by atoms with Crippen molar-refractivity contribution in [2.24, 2.45) is 0 Å². The second-order valence-electron chi connectivity index (χ2n) is 5.86. The number of rotatable bonds is 4. The van der Waals surface area contributed by atoms with E-state index >= 15 is 0 Å². The molecule has 0 saturated carbocycles. The molecule has 8 heteroatoms. The van der Waals surface area contributed by atoms with E-state index in [0.29, 0.717) is 30.4 Å². The molecule has 24 heavy (non-hydrogen) atoms. The van der Waals surface area contributed by atoms with E-state index in [9.17, 15) is 15.3 Å². The highest BCUT2D eigenvalue weighted by molar-refractivity contribution is 5.70. The van der Waals surface area contributed by atoms with Crippen LogP contribution in [0.3, 0.4) is 0 Å². The third-order valence-electron chi connectivity index (χ3n) is 3.82. The normalized spacial score (nSPS) is 19.5. The molecule has 0 radical (unpaired) electrons. The molecule has 0 amide bonds. The SMILES string of the molecule is COCC1(C)CN(c2cccc[n+]2[O-])c2cc([N+](=O)[O-])ccc2O1. The van der Waals surface area contributed by atoms with E-state index in [-0.39, 0.29) is 5.69 Å². The van der Waals surface area contributed by atoms with E-state index in [2.05, 4.69) is 0 Å². The van der Waals surface area contributed by atoms with Gasteiger partial charge in [-0.25, -0.2) is 9.63 Å². The van der Waals surface area contributed by atoms with Gasteiger partial charge in [0, 0.05) is 19.2 Å². The maximum atomic E-state index is 12.2. The fourth-order valence-corrected chi connectivity index (χ4v) is 2.85. The first-order valence-electron chi connectivity index (χ1n) is 7.36. The summed E-state index contributed by atoms with van der Waals surface area (Å²) < 4.78 is 11.9. The molecule has 0 spiro atoms. The van der Waals surface area contributed by atoms with Gasteiger partial charge in [-0.1, -0.05) is 6.07 Å². The lowest BCUT2D eigenvalue weighted by molar-refractivity contribution is -0.592. The van der Waals surface area contributed by atoms with Crippen LogP contribution < -0.4 is 14.4 Å². The number of methoxy groups -OCH3 is 1. The molecular formula is C16H17N3O5. The Morgan fingerprint density at radius 3 is 2.88 bits per heavy atom.